The second-order valence-electron chi connectivity index (χ2n) is 4.81. The fourth-order valence-electron chi connectivity index (χ4n) is 1.89. The number of nitrogen functional groups attached to an aromatic ring is 2. The molecule has 0 unspecified atom stereocenters. The SMILES string of the molecule is CC/C(=C\C=C/c1cccc(N)c1)Oc1ccc(N)cc1F. The lowest BCUT2D eigenvalue weighted by atomic mass is 10.2. The van der Waals surface area contributed by atoms with Crippen LogP contribution < -0.4 is 16.2 Å². The van der Waals surface area contributed by atoms with Gasteiger partial charge in [0.05, 0.1) is 0 Å². The molecule has 2 aromatic carbocycles. The van der Waals surface area contributed by atoms with Crippen molar-refractivity contribution >= 4 is 17.5 Å². The van der Waals surface area contributed by atoms with Gasteiger partial charge in [0.1, 0.15) is 5.76 Å². The average molecular weight is 298 g/mol. The highest BCUT2D eigenvalue weighted by molar-refractivity contribution is 5.56. The zero-order chi connectivity index (χ0) is 15.9. The predicted octanol–water partition coefficient (Wildman–Crippen LogP) is 4.38. The van der Waals surface area contributed by atoms with Crippen LogP contribution in [0.3, 0.4) is 0 Å². The molecule has 114 valence electrons. The van der Waals surface area contributed by atoms with E-state index >= 15 is 0 Å². The fraction of sp³-hybridized carbons (Fsp3) is 0.111. The van der Waals surface area contributed by atoms with Crippen LogP contribution in [0.2, 0.25) is 0 Å². The summed E-state index contributed by atoms with van der Waals surface area (Å²) < 4.78 is 19.3. The molecular formula is C18H19FN2O. The first-order chi connectivity index (χ1) is 10.6. The molecule has 0 amide bonds. The molecule has 4 N–H and O–H groups in total. The molecule has 0 atom stereocenters. The minimum atomic E-state index is -0.473. The maximum absolute atomic E-state index is 13.7. The standard InChI is InChI=1S/C18H19FN2O/c1-2-16(22-18-10-9-15(21)12-17(18)19)8-4-6-13-5-3-7-14(20)11-13/h3-12H,2,20-21H2,1H3/b6-4-,16-8+. The van der Waals surface area contributed by atoms with E-state index < -0.39 is 5.82 Å². The van der Waals surface area contributed by atoms with E-state index in [1.54, 1.807) is 12.1 Å². The van der Waals surface area contributed by atoms with Gasteiger partial charge >= 0.3 is 0 Å². The molecule has 2 rings (SSSR count). The molecule has 0 fully saturated rings. The third kappa shape index (κ3) is 4.38. The van der Waals surface area contributed by atoms with Crippen LogP contribution in [0.1, 0.15) is 18.9 Å². The minimum absolute atomic E-state index is 0.166. The number of ether oxygens (including phenoxy) is 1. The van der Waals surface area contributed by atoms with Crippen molar-refractivity contribution in [3.8, 4) is 5.75 Å². The van der Waals surface area contributed by atoms with Crippen LogP contribution in [-0.4, -0.2) is 0 Å². The van der Waals surface area contributed by atoms with Crippen LogP contribution >= 0.6 is 0 Å². The van der Waals surface area contributed by atoms with Gasteiger partial charge in [-0.3, -0.25) is 0 Å². The number of benzene rings is 2. The maximum Gasteiger partial charge on any atom is 0.167 e. The number of hydrogen-bond acceptors (Lipinski definition) is 3. The van der Waals surface area contributed by atoms with Crippen LogP contribution in [0.15, 0.2) is 60.4 Å². The largest absolute Gasteiger partial charge is 0.459 e. The van der Waals surface area contributed by atoms with E-state index in [9.17, 15) is 4.39 Å². The van der Waals surface area contributed by atoms with Crippen LogP contribution in [-0.2, 0) is 0 Å². The third-order valence-corrected chi connectivity index (χ3v) is 3.03. The highest BCUT2D eigenvalue weighted by Gasteiger charge is 2.05. The van der Waals surface area contributed by atoms with E-state index in [-0.39, 0.29) is 5.75 Å². The molecule has 22 heavy (non-hydrogen) atoms. The summed E-state index contributed by atoms with van der Waals surface area (Å²) in [6.45, 7) is 1.94. The molecule has 0 spiro atoms. The number of allylic oxidation sites excluding steroid dienone is 3. The van der Waals surface area contributed by atoms with Crippen LogP contribution in [0.25, 0.3) is 6.08 Å². The van der Waals surface area contributed by atoms with Crippen molar-refractivity contribution in [2.45, 2.75) is 13.3 Å². The van der Waals surface area contributed by atoms with Crippen molar-refractivity contribution in [2.75, 3.05) is 11.5 Å². The van der Waals surface area contributed by atoms with E-state index in [1.807, 2.05) is 43.3 Å². The van der Waals surface area contributed by atoms with E-state index in [2.05, 4.69) is 0 Å². The van der Waals surface area contributed by atoms with Gasteiger partial charge < -0.3 is 16.2 Å². The van der Waals surface area contributed by atoms with Crippen molar-refractivity contribution in [3.05, 3.63) is 71.8 Å². The van der Waals surface area contributed by atoms with Crippen molar-refractivity contribution in [3.63, 3.8) is 0 Å². The lowest BCUT2D eigenvalue weighted by Crippen LogP contribution is -1.97. The van der Waals surface area contributed by atoms with Gasteiger partial charge in [-0.2, -0.15) is 0 Å². The van der Waals surface area contributed by atoms with Crippen molar-refractivity contribution in [1.29, 1.82) is 0 Å². The molecule has 0 aliphatic rings. The lowest BCUT2D eigenvalue weighted by Gasteiger charge is -2.09. The molecule has 2 aromatic rings. The minimum Gasteiger partial charge on any atom is -0.459 e. The van der Waals surface area contributed by atoms with Gasteiger partial charge in [-0.25, -0.2) is 4.39 Å². The van der Waals surface area contributed by atoms with Crippen molar-refractivity contribution in [1.82, 2.24) is 0 Å². The quantitative estimate of drug-likeness (QED) is 0.489. The van der Waals surface area contributed by atoms with E-state index in [0.717, 1.165) is 5.56 Å². The Bertz CT molecular complexity index is 708. The van der Waals surface area contributed by atoms with E-state index in [4.69, 9.17) is 16.2 Å². The van der Waals surface area contributed by atoms with Gasteiger partial charge in [0, 0.05) is 23.9 Å². The summed E-state index contributed by atoms with van der Waals surface area (Å²) in [6, 6.07) is 11.9. The molecule has 0 saturated carbocycles. The Kier molecular flexibility index (Phi) is 5.20. The van der Waals surface area contributed by atoms with Crippen LogP contribution in [0, 0.1) is 5.82 Å². The van der Waals surface area contributed by atoms with E-state index in [1.165, 1.54) is 12.1 Å². The van der Waals surface area contributed by atoms with Crippen molar-refractivity contribution in [2.24, 2.45) is 0 Å². The summed E-state index contributed by atoms with van der Waals surface area (Å²) in [7, 11) is 0. The Balaban J connectivity index is 2.10. The Morgan fingerprint density at radius 2 is 1.91 bits per heavy atom. The van der Waals surface area contributed by atoms with Crippen LogP contribution in [0.4, 0.5) is 15.8 Å². The summed E-state index contributed by atoms with van der Waals surface area (Å²) in [4.78, 5) is 0. The second-order valence-corrected chi connectivity index (χ2v) is 4.81. The van der Waals surface area contributed by atoms with Crippen molar-refractivity contribution < 1.29 is 9.13 Å². The molecule has 0 aromatic heterocycles. The molecule has 3 nitrogen and oxygen atoms in total. The average Bonchev–Trinajstić information content (AvgIpc) is 2.48. The molecule has 0 radical (unpaired) electrons. The second kappa shape index (κ2) is 7.31. The Morgan fingerprint density at radius 3 is 2.59 bits per heavy atom. The number of halogens is 1. The van der Waals surface area contributed by atoms with Gasteiger partial charge in [-0.05, 0) is 35.9 Å². The van der Waals surface area contributed by atoms with Gasteiger partial charge in [0.25, 0.3) is 0 Å². The Hall–Kier alpha value is -2.75. The first-order valence-corrected chi connectivity index (χ1v) is 7.04. The predicted molar refractivity (Wildman–Crippen MR) is 89.7 cm³/mol. The Labute approximate surface area is 129 Å². The third-order valence-electron chi connectivity index (χ3n) is 3.03. The lowest BCUT2D eigenvalue weighted by molar-refractivity contribution is 0.384. The number of nitrogens with two attached hydrogens (primary N) is 2. The van der Waals surface area contributed by atoms with E-state index in [0.29, 0.717) is 23.6 Å². The first-order valence-electron chi connectivity index (χ1n) is 7.04. The molecule has 0 saturated heterocycles. The molecular weight excluding hydrogens is 279 g/mol. The highest BCUT2D eigenvalue weighted by atomic mass is 19.1. The zero-order valence-corrected chi connectivity index (χ0v) is 12.4. The van der Waals surface area contributed by atoms with Gasteiger partial charge in [0.15, 0.2) is 11.6 Å². The molecule has 0 aliphatic carbocycles. The summed E-state index contributed by atoms with van der Waals surface area (Å²) in [5.41, 5.74) is 13.3. The van der Waals surface area contributed by atoms with Gasteiger partial charge in [0.2, 0.25) is 0 Å². The van der Waals surface area contributed by atoms with Gasteiger partial charge in [-0.15, -0.1) is 0 Å². The summed E-state index contributed by atoms with van der Waals surface area (Å²) >= 11 is 0. The maximum atomic E-state index is 13.7. The molecule has 0 bridgehead atoms. The first kappa shape index (κ1) is 15.6. The number of hydrogen-bond donors (Lipinski definition) is 2. The van der Waals surface area contributed by atoms with Crippen LogP contribution in [0.5, 0.6) is 5.75 Å². The summed E-state index contributed by atoms with van der Waals surface area (Å²) in [5, 5.41) is 0. The topological polar surface area (TPSA) is 61.3 Å². The number of rotatable bonds is 5. The summed E-state index contributed by atoms with van der Waals surface area (Å²) in [6.07, 6.45) is 6.21. The highest BCUT2D eigenvalue weighted by Crippen LogP contribution is 2.22. The zero-order valence-electron chi connectivity index (χ0n) is 12.4. The molecule has 4 heteroatoms. The van der Waals surface area contributed by atoms with Gasteiger partial charge in [-0.1, -0.05) is 31.2 Å². The summed E-state index contributed by atoms with van der Waals surface area (Å²) in [5.74, 6) is 0.350. The number of anilines is 2. The normalized spacial score (nSPS) is 11.8. The molecule has 0 aliphatic heterocycles. The monoisotopic (exact) mass is 298 g/mol. The smallest absolute Gasteiger partial charge is 0.167 e. The Morgan fingerprint density at radius 1 is 1.14 bits per heavy atom. The fourth-order valence-corrected chi connectivity index (χ4v) is 1.89. The molecule has 0 heterocycles.